The zero-order valence-electron chi connectivity index (χ0n) is 16.0. The van der Waals surface area contributed by atoms with Crippen LogP contribution in [-0.2, 0) is 22.4 Å². The molecule has 2 amide bonds. The van der Waals surface area contributed by atoms with Crippen LogP contribution in [0.3, 0.4) is 0 Å². The van der Waals surface area contributed by atoms with Gasteiger partial charge in [0, 0.05) is 30.1 Å². The second kappa shape index (κ2) is 9.28. The van der Waals surface area contributed by atoms with Crippen LogP contribution in [0.2, 0.25) is 0 Å². The minimum absolute atomic E-state index is 0.0157. The van der Waals surface area contributed by atoms with Crippen LogP contribution in [-0.4, -0.2) is 23.3 Å². The lowest BCUT2D eigenvalue weighted by molar-refractivity contribution is -0.119. The molecule has 1 aromatic heterocycles. The molecular weight excluding hydrogens is 370 g/mol. The lowest BCUT2D eigenvalue weighted by Gasteiger charge is -2.05. The largest absolute Gasteiger partial charge is 0.356 e. The Morgan fingerprint density at radius 1 is 1.11 bits per heavy atom. The van der Waals surface area contributed by atoms with Crippen LogP contribution < -0.4 is 10.6 Å². The molecule has 5 nitrogen and oxygen atoms in total. The SMILES string of the molecule is CC(=O)NCCc1ccc(-c2csc(CC(=O)Nc3cccc(C)c3)n2)cc1. The van der Waals surface area contributed by atoms with Crippen molar-refractivity contribution in [1.82, 2.24) is 10.3 Å². The molecule has 2 N–H and O–H groups in total. The molecule has 0 bridgehead atoms. The maximum atomic E-state index is 12.3. The summed E-state index contributed by atoms with van der Waals surface area (Å²) in [5.74, 6) is -0.0853. The molecule has 0 saturated carbocycles. The van der Waals surface area contributed by atoms with Gasteiger partial charge in [-0.1, -0.05) is 36.4 Å². The Morgan fingerprint density at radius 2 is 1.89 bits per heavy atom. The van der Waals surface area contributed by atoms with Gasteiger partial charge < -0.3 is 10.6 Å². The molecule has 0 aliphatic carbocycles. The number of aryl methyl sites for hydroxylation is 1. The van der Waals surface area contributed by atoms with Crippen LogP contribution in [0.5, 0.6) is 0 Å². The summed E-state index contributed by atoms with van der Waals surface area (Å²) in [4.78, 5) is 27.8. The van der Waals surface area contributed by atoms with Gasteiger partial charge in [-0.05, 0) is 36.6 Å². The van der Waals surface area contributed by atoms with E-state index < -0.39 is 0 Å². The second-order valence-electron chi connectivity index (χ2n) is 6.65. The van der Waals surface area contributed by atoms with E-state index in [1.54, 1.807) is 0 Å². The number of aromatic nitrogens is 1. The predicted octanol–water partition coefficient (Wildman–Crippen LogP) is 3.98. The zero-order chi connectivity index (χ0) is 19.9. The van der Waals surface area contributed by atoms with E-state index in [9.17, 15) is 9.59 Å². The molecule has 2 aromatic carbocycles. The fourth-order valence-corrected chi connectivity index (χ4v) is 3.62. The lowest BCUT2D eigenvalue weighted by Crippen LogP contribution is -2.22. The summed E-state index contributed by atoms with van der Waals surface area (Å²) in [6.45, 7) is 4.14. The van der Waals surface area contributed by atoms with Crippen molar-refractivity contribution in [3.05, 3.63) is 70.0 Å². The Labute approximate surface area is 168 Å². The standard InChI is InChI=1S/C22H23N3O2S/c1-15-4-3-5-19(12-15)24-21(27)13-22-25-20(14-28-22)18-8-6-17(7-9-18)10-11-23-16(2)26/h3-9,12,14H,10-11,13H2,1-2H3,(H,23,26)(H,24,27). The second-order valence-corrected chi connectivity index (χ2v) is 7.59. The summed E-state index contributed by atoms with van der Waals surface area (Å²) in [5, 5.41) is 8.47. The Balaban J connectivity index is 1.57. The minimum Gasteiger partial charge on any atom is -0.356 e. The molecule has 3 aromatic rings. The van der Waals surface area contributed by atoms with Crippen molar-refractivity contribution in [2.75, 3.05) is 11.9 Å². The average Bonchev–Trinajstić information content (AvgIpc) is 3.10. The van der Waals surface area contributed by atoms with Crippen LogP contribution in [0.15, 0.2) is 53.9 Å². The van der Waals surface area contributed by atoms with Crippen LogP contribution >= 0.6 is 11.3 Å². The quantitative estimate of drug-likeness (QED) is 0.638. The van der Waals surface area contributed by atoms with Gasteiger partial charge in [0.1, 0.15) is 5.01 Å². The molecule has 0 unspecified atom stereocenters. The van der Waals surface area contributed by atoms with Gasteiger partial charge in [-0.3, -0.25) is 9.59 Å². The van der Waals surface area contributed by atoms with Gasteiger partial charge in [0.2, 0.25) is 11.8 Å². The molecular formula is C22H23N3O2S. The van der Waals surface area contributed by atoms with Gasteiger partial charge in [0.05, 0.1) is 12.1 Å². The van der Waals surface area contributed by atoms with Crippen molar-refractivity contribution in [2.45, 2.75) is 26.7 Å². The number of nitrogens with zero attached hydrogens (tertiary/aromatic N) is 1. The number of benzene rings is 2. The van der Waals surface area contributed by atoms with E-state index in [1.807, 2.05) is 60.8 Å². The van der Waals surface area contributed by atoms with E-state index in [1.165, 1.54) is 18.3 Å². The molecule has 0 aliphatic rings. The Bertz CT molecular complexity index is 964. The van der Waals surface area contributed by atoms with Gasteiger partial charge in [0.15, 0.2) is 0 Å². The normalized spacial score (nSPS) is 10.5. The van der Waals surface area contributed by atoms with E-state index >= 15 is 0 Å². The molecule has 1 heterocycles. The molecule has 0 saturated heterocycles. The van der Waals surface area contributed by atoms with Crippen molar-refractivity contribution in [3.8, 4) is 11.3 Å². The summed E-state index contributed by atoms with van der Waals surface area (Å²) in [7, 11) is 0. The van der Waals surface area contributed by atoms with E-state index in [4.69, 9.17) is 0 Å². The van der Waals surface area contributed by atoms with Gasteiger partial charge in [-0.25, -0.2) is 4.98 Å². The fourth-order valence-electron chi connectivity index (χ4n) is 2.82. The lowest BCUT2D eigenvalue weighted by atomic mass is 10.1. The number of anilines is 1. The third-order valence-corrected chi connectivity index (χ3v) is 5.05. The smallest absolute Gasteiger partial charge is 0.231 e. The van der Waals surface area contributed by atoms with E-state index in [0.29, 0.717) is 6.54 Å². The van der Waals surface area contributed by atoms with Crippen molar-refractivity contribution in [2.24, 2.45) is 0 Å². The third kappa shape index (κ3) is 5.76. The first-order chi connectivity index (χ1) is 13.5. The van der Waals surface area contributed by atoms with Crippen molar-refractivity contribution in [1.29, 1.82) is 0 Å². The first kappa shape index (κ1) is 19.8. The Kier molecular flexibility index (Phi) is 6.55. The summed E-state index contributed by atoms with van der Waals surface area (Å²) in [6, 6.07) is 15.9. The topological polar surface area (TPSA) is 71.1 Å². The molecule has 6 heteroatoms. The number of rotatable bonds is 7. The van der Waals surface area contributed by atoms with Crippen LogP contribution in [0.4, 0.5) is 5.69 Å². The molecule has 144 valence electrons. The van der Waals surface area contributed by atoms with Gasteiger partial charge >= 0.3 is 0 Å². The molecule has 0 spiro atoms. The first-order valence-corrected chi connectivity index (χ1v) is 10.0. The molecule has 28 heavy (non-hydrogen) atoms. The highest BCUT2D eigenvalue weighted by atomic mass is 32.1. The number of hydrogen-bond donors (Lipinski definition) is 2. The minimum atomic E-state index is -0.0696. The van der Waals surface area contributed by atoms with Crippen molar-refractivity contribution >= 4 is 28.8 Å². The van der Waals surface area contributed by atoms with E-state index in [2.05, 4.69) is 15.6 Å². The summed E-state index contributed by atoms with van der Waals surface area (Å²) in [5.41, 5.74) is 4.96. The van der Waals surface area contributed by atoms with Gasteiger partial charge in [-0.2, -0.15) is 0 Å². The first-order valence-electron chi connectivity index (χ1n) is 9.14. The fraction of sp³-hybridized carbons (Fsp3) is 0.227. The maximum absolute atomic E-state index is 12.3. The number of carbonyl (C=O) groups excluding carboxylic acids is 2. The Morgan fingerprint density at radius 3 is 2.61 bits per heavy atom. The monoisotopic (exact) mass is 393 g/mol. The van der Waals surface area contributed by atoms with Crippen LogP contribution in [0, 0.1) is 6.92 Å². The highest BCUT2D eigenvalue weighted by molar-refractivity contribution is 7.10. The third-order valence-electron chi connectivity index (χ3n) is 4.20. The van der Waals surface area contributed by atoms with Gasteiger partial charge in [-0.15, -0.1) is 11.3 Å². The Hall–Kier alpha value is -2.99. The predicted molar refractivity (Wildman–Crippen MR) is 113 cm³/mol. The maximum Gasteiger partial charge on any atom is 0.231 e. The molecule has 0 radical (unpaired) electrons. The summed E-state index contributed by atoms with van der Waals surface area (Å²) >= 11 is 1.49. The zero-order valence-corrected chi connectivity index (χ0v) is 16.8. The number of hydrogen-bond acceptors (Lipinski definition) is 4. The van der Waals surface area contributed by atoms with Crippen molar-refractivity contribution < 1.29 is 9.59 Å². The number of carbonyl (C=O) groups is 2. The average molecular weight is 394 g/mol. The summed E-state index contributed by atoms with van der Waals surface area (Å²) in [6.07, 6.45) is 1.05. The highest BCUT2D eigenvalue weighted by Crippen LogP contribution is 2.23. The number of thiazole rings is 1. The molecule has 0 atom stereocenters. The molecule has 0 aliphatic heterocycles. The highest BCUT2D eigenvalue weighted by Gasteiger charge is 2.10. The van der Waals surface area contributed by atoms with Gasteiger partial charge in [0.25, 0.3) is 0 Å². The van der Waals surface area contributed by atoms with Crippen LogP contribution in [0.25, 0.3) is 11.3 Å². The number of amides is 2. The molecule has 0 fully saturated rings. The van der Waals surface area contributed by atoms with Crippen molar-refractivity contribution in [3.63, 3.8) is 0 Å². The molecule has 3 rings (SSSR count). The van der Waals surface area contributed by atoms with Crippen LogP contribution in [0.1, 0.15) is 23.1 Å². The summed E-state index contributed by atoms with van der Waals surface area (Å²) < 4.78 is 0. The van der Waals surface area contributed by atoms with E-state index in [0.717, 1.165) is 39.5 Å². The number of nitrogens with one attached hydrogen (secondary N) is 2. The van der Waals surface area contributed by atoms with E-state index in [-0.39, 0.29) is 18.2 Å².